The highest BCUT2D eigenvalue weighted by molar-refractivity contribution is 5.77. The summed E-state index contributed by atoms with van der Waals surface area (Å²) in [6, 6.07) is 3.93. The molecular formula is C20H30N4O2. The third-order valence-electron chi connectivity index (χ3n) is 6.09. The third kappa shape index (κ3) is 4.06. The number of carbonyl (C=O) groups excluding carboxylic acids is 2. The number of hydrogen-bond donors (Lipinski definition) is 0. The lowest BCUT2D eigenvalue weighted by molar-refractivity contribution is -0.136. The van der Waals surface area contributed by atoms with Gasteiger partial charge in [0.15, 0.2) is 0 Å². The molecular weight excluding hydrogens is 328 g/mol. The van der Waals surface area contributed by atoms with Gasteiger partial charge in [0.25, 0.3) is 0 Å². The van der Waals surface area contributed by atoms with Crippen molar-refractivity contribution < 1.29 is 9.59 Å². The summed E-state index contributed by atoms with van der Waals surface area (Å²) in [6.07, 6.45) is 7.19. The molecule has 26 heavy (non-hydrogen) atoms. The summed E-state index contributed by atoms with van der Waals surface area (Å²) in [7, 11) is 2.14. The Morgan fingerprint density at radius 3 is 2.85 bits per heavy atom. The Morgan fingerprint density at radius 1 is 1.27 bits per heavy atom. The van der Waals surface area contributed by atoms with Gasteiger partial charge in [-0.25, -0.2) is 0 Å². The molecule has 1 unspecified atom stereocenters. The molecule has 2 fully saturated rings. The summed E-state index contributed by atoms with van der Waals surface area (Å²) in [5.74, 6) is 0.460. The van der Waals surface area contributed by atoms with Gasteiger partial charge in [0.05, 0.1) is 0 Å². The Kier molecular flexibility index (Phi) is 5.91. The monoisotopic (exact) mass is 358 g/mol. The van der Waals surface area contributed by atoms with E-state index in [-0.39, 0.29) is 17.4 Å². The second-order valence-electron chi connectivity index (χ2n) is 7.55. The number of hydrogen-bond acceptors (Lipinski definition) is 4. The zero-order valence-corrected chi connectivity index (χ0v) is 16.0. The Bertz CT molecular complexity index is 636. The van der Waals surface area contributed by atoms with E-state index in [0.717, 1.165) is 57.5 Å². The highest BCUT2D eigenvalue weighted by Gasteiger charge is 2.43. The number of nitrogens with zero attached hydrogens (tertiary/aromatic N) is 4. The molecule has 1 aromatic heterocycles. The van der Waals surface area contributed by atoms with E-state index < -0.39 is 0 Å². The fourth-order valence-electron chi connectivity index (χ4n) is 4.20. The van der Waals surface area contributed by atoms with E-state index in [2.05, 4.69) is 16.9 Å². The number of rotatable bonds is 4. The first-order valence-electron chi connectivity index (χ1n) is 9.70. The maximum atomic E-state index is 12.8. The average Bonchev–Trinajstić information content (AvgIpc) is 2.82. The molecule has 0 aliphatic carbocycles. The van der Waals surface area contributed by atoms with Crippen molar-refractivity contribution in [1.29, 1.82) is 0 Å². The zero-order valence-electron chi connectivity index (χ0n) is 16.0. The minimum atomic E-state index is -0.0677. The Hall–Kier alpha value is -1.95. The third-order valence-corrected chi connectivity index (χ3v) is 6.09. The smallest absolute Gasteiger partial charge is 0.223 e. The van der Waals surface area contributed by atoms with E-state index in [1.807, 2.05) is 35.1 Å². The van der Waals surface area contributed by atoms with Crippen LogP contribution in [0.1, 0.15) is 38.2 Å². The molecule has 2 aliphatic rings. The summed E-state index contributed by atoms with van der Waals surface area (Å²) < 4.78 is 0. The lowest BCUT2D eigenvalue weighted by atomic mass is 9.86. The van der Waals surface area contributed by atoms with Gasteiger partial charge >= 0.3 is 0 Å². The summed E-state index contributed by atoms with van der Waals surface area (Å²) in [4.78, 5) is 35.5. The minimum absolute atomic E-state index is 0.0677. The molecule has 2 amide bonds. The highest BCUT2D eigenvalue weighted by Crippen LogP contribution is 2.32. The Labute approximate surface area is 156 Å². The molecule has 1 spiro atoms. The number of likely N-dealkylation sites (tertiary alicyclic amines) is 1. The first kappa shape index (κ1) is 18.8. The normalized spacial score (nSPS) is 24.8. The summed E-state index contributed by atoms with van der Waals surface area (Å²) in [5.41, 5.74) is 1.03. The topological polar surface area (TPSA) is 56.8 Å². The second-order valence-corrected chi connectivity index (χ2v) is 7.55. The number of likely N-dealkylation sites (N-methyl/N-ethyl adjacent to an activating group) is 1. The molecule has 0 saturated carbocycles. The van der Waals surface area contributed by atoms with Crippen LogP contribution in [0.15, 0.2) is 24.5 Å². The number of amides is 2. The van der Waals surface area contributed by atoms with Gasteiger partial charge in [-0.05, 0) is 44.9 Å². The van der Waals surface area contributed by atoms with Gasteiger partial charge in [0, 0.05) is 63.5 Å². The SMILES string of the molecule is CCN1CCC2(CCC1=O)CN(C(=O)CCc1cccnc1)CCN2C. The van der Waals surface area contributed by atoms with Gasteiger partial charge in [-0.2, -0.15) is 0 Å². The van der Waals surface area contributed by atoms with E-state index in [9.17, 15) is 9.59 Å². The van der Waals surface area contributed by atoms with Gasteiger partial charge in [-0.1, -0.05) is 6.07 Å². The molecule has 0 bridgehead atoms. The van der Waals surface area contributed by atoms with Crippen LogP contribution in [0, 0.1) is 0 Å². The Balaban J connectivity index is 1.63. The van der Waals surface area contributed by atoms with Crippen LogP contribution in [-0.2, 0) is 16.0 Å². The molecule has 142 valence electrons. The lowest BCUT2D eigenvalue weighted by Gasteiger charge is -2.49. The quantitative estimate of drug-likeness (QED) is 0.820. The first-order valence-corrected chi connectivity index (χ1v) is 9.70. The van der Waals surface area contributed by atoms with E-state index in [0.29, 0.717) is 12.8 Å². The molecule has 0 aromatic carbocycles. The molecule has 2 aliphatic heterocycles. The van der Waals surface area contributed by atoms with Crippen molar-refractivity contribution in [2.24, 2.45) is 0 Å². The minimum Gasteiger partial charge on any atom is -0.343 e. The van der Waals surface area contributed by atoms with Crippen LogP contribution in [0.4, 0.5) is 0 Å². The number of carbonyl (C=O) groups is 2. The van der Waals surface area contributed by atoms with Gasteiger partial charge in [-0.3, -0.25) is 19.5 Å². The van der Waals surface area contributed by atoms with Crippen LogP contribution in [0.2, 0.25) is 0 Å². The molecule has 2 saturated heterocycles. The van der Waals surface area contributed by atoms with Crippen LogP contribution in [-0.4, -0.2) is 76.8 Å². The second kappa shape index (κ2) is 8.16. The highest BCUT2D eigenvalue weighted by atomic mass is 16.2. The molecule has 6 nitrogen and oxygen atoms in total. The number of aromatic nitrogens is 1. The number of piperazine rings is 1. The van der Waals surface area contributed by atoms with Crippen molar-refractivity contribution >= 4 is 11.8 Å². The predicted molar refractivity (Wildman–Crippen MR) is 101 cm³/mol. The molecule has 3 heterocycles. The Morgan fingerprint density at radius 2 is 2.12 bits per heavy atom. The van der Waals surface area contributed by atoms with Gasteiger partial charge in [-0.15, -0.1) is 0 Å². The van der Waals surface area contributed by atoms with Crippen LogP contribution < -0.4 is 0 Å². The van der Waals surface area contributed by atoms with Crippen LogP contribution >= 0.6 is 0 Å². The van der Waals surface area contributed by atoms with E-state index >= 15 is 0 Å². The molecule has 6 heteroatoms. The first-order chi connectivity index (χ1) is 12.5. The van der Waals surface area contributed by atoms with E-state index in [1.54, 1.807) is 6.20 Å². The molecule has 3 rings (SSSR count). The molecule has 0 radical (unpaired) electrons. The lowest BCUT2D eigenvalue weighted by Crippen LogP contribution is -2.62. The van der Waals surface area contributed by atoms with Crippen LogP contribution in [0.25, 0.3) is 0 Å². The van der Waals surface area contributed by atoms with Gasteiger partial charge < -0.3 is 9.80 Å². The summed E-state index contributed by atoms with van der Waals surface area (Å²) in [6.45, 7) is 5.98. The van der Waals surface area contributed by atoms with Crippen LogP contribution in [0.5, 0.6) is 0 Å². The maximum absolute atomic E-state index is 12.8. The van der Waals surface area contributed by atoms with Crippen molar-refractivity contribution in [2.45, 2.75) is 44.6 Å². The fraction of sp³-hybridized carbons (Fsp3) is 0.650. The van der Waals surface area contributed by atoms with Crippen LogP contribution in [0.3, 0.4) is 0 Å². The largest absolute Gasteiger partial charge is 0.343 e. The molecule has 1 atom stereocenters. The van der Waals surface area contributed by atoms with Gasteiger partial charge in [0.1, 0.15) is 0 Å². The maximum Gasteiger partial charge on any atom is 0.223 e. The average molecular weight is 358 g/mol. The summed E-state index contributed by atoms with van der Waals surface area (Å²) >= 11 is 0. The van der Waals surface area contributed by atoms with Crippen molar-refractivity contribution in [3.8, 4) is 0 Å². The van der Waals surface area contributed by atoms with Crippen molar-refractivity contribution in [3.63, 3.8) is 0 Å². The molecule has 0 N–H and O–H groups in total. The predicted octanol–water partition coefficient (Wildman–Crippen LogP) is 1.56. The molecule has 1 aromatic rings. The standard InChI is InChI=1S/C20H30N4O2/c1-3-23-12-10-20(9-8-19(23)26)16-24(14-13-22(20)2)18(25)7-6-17-5-4-11-21-15-17/h4-5,11,15H,3,6-10,12-14,16H2,1-2H3. The zero-order chi connectivity index (χ0) is 18.6. The summed E-state index contributed by atoms with van der Waals surface area (Å²) in [5, 5.41) is 0. The number of pyridine rings is 1. The number of aryl methyl sites for hydroxylation is 1. The fourth-order valence-corrected chi connectivity index (χ4v) is 4.20. The van der Waals surface area contributed by atoms with E-state index in [1.165, 1.54) is 0 Å². The van der Waals surface area contributed by atoms with Gasteiger partial charge in [0.2, 0.25) is 11.8 Å². The van der Waals surface area contributed by atoms with Crippen molar-refractivity contribution in [1.82, 2.24) is 19.7 Å². The van der Waals surface area contributed by atoms with Crippen molar-refractivity contribution in [2.75, 3.05) is 39.8 Å². The van der Waals surface area contributed by atoms with Crippen molar-refractivity contribution in [3.05, 3.63) is 30.1 Å². The van der Waals surface area contributed by atoms with E-state index in [4.69, 9.17) is 0 Å².